The van der Waals surface area contributed by atoms with Crippen LogP contribution in [-0.2, 0) is 18.9 Å². The fraction of sp³-hybridized carbons (Fsp3) is 0.513. The SMILES string of the molecule is CC(N=C(NC(=O)OC(C)(C)C)NC(=O)OC(C)(C)C)Oc1cccc(-c2cc(C#N)cc(OC(C)N=C(NC(=O)OC(C)(C)C)NC(=O)OC(C)(C)C)c2)c1. The summed E-state index contributed by atoms with van der Waals surface area (Å²) in [6, 6.07) is 13.8. The summed E-state index contributed by atoms with van der Waals surface area (Å²) in [5.41, 5.74) is -1.81. The fourth-order valence-electron chi connectivity index (χ4n) is 4.25. The minimum Gasteiger partial charge on any atom is -0.469 e. The normalized spacial score (nSPS) is 12.6. The lowest BCUT2D eigenvalue weighted by atomic mass is 10.0. The third-order valence-electron chi connectivity index (χ3n) is 5.92. The van der Waals surface area contributed by atoms with Gasteiger partial charge in [-0.2, -0.15) is 5.26 Å². The van der Waals surface area contributed by atoms with Crippen LogP contribution in [0.4, 0.5) is 19.2 Å². The molecule has 17 heteroatoms. The van der Waals surface area contributed by atoms with E-state index in [0.29, 0.717) is 16.9 Å². The van der Waals surface area contributed by atoms with Gasteiger partial charge >= 0.3 is 24.4 Å². The second kappa shape index (κ2) is 19.0. The number of carbonyl (C=O) groups excluding carboxylic acids is 4. The van der Waals surface area contributed by atoms with Crippen molar-refractivity contribution >= 4 is 36.3 Å². The van der Waals surface area contributed by atoms with Gasteiger partial charge in [-0.1, -0.05) is 12.1 Å². The first kappa shape index (κ1) is 46.1. The molecule has 306 valence electrons. The van der Waals surface area contributed by atoms with Crippen LogP contribution in [0.5, 0.6) is 11.5 Å². The molecule has 4 amide bonds. The molecule has 17 nitrogen and oxygen atoms in total. The van der Waals surface area contributed by atoms with Gasteiger partial charge in [-0.3, -0.25) is 21.3 Å². The molecule has 56 heavy (non-hydrogen) atoms. The van der Waals surface area contributed by atoms with Gasteiger partial charge in [0.15, 0.2) is 12.5 Å². The lowest BCUT2D eigenvalue weighted by molar-refractivity contribution is 0.0519. The van der Waals surface area contributed by atoms with Crippen LogP contribution < -0.4 is 30.7 Å². The average Bonchev–Trinajstić information content (AvgIpc) is 2.96. The largest absolute Gasteiger partial charge is 0.469 e. The molecule has 0 aliphatic carbocycles. The molecular weight excluding hydrogens is 726 g/mol. The van der Waals surface area contributed by atoms with E-state index >= 15 is 0 Å². The minimum atomic E-state index is -0.997. The molecule has 0 saturated heterocycles. The van der Waals surface area contributed by atoms with Crippen LogP contribution in [0.1, 0.15) is 102 Å². The van der Waals surface area contributed by atoms with E-state index < -0.39 is 59.2 Å². The maximum atomic E-state index is 12.5. The Labute approximate surface area is 328 Å². The number of alkyl carbamates (subject to hydrolysis) is 4. The summed E-state index contributed by atoms with van der Waals surface area (Å²) in [6.45, 7) is 23.4. The van der Waals surface area contributed by atoms with E-state index in [0.717, 1.165) is 0 Å². The number of nitrogens with one attached hydrogen (secondary N) is 4. The first-order valence-electron chi connectivity index (χ1n) is 17.7. The summed E-state index contributed by atoms with van der Waals surface area (Å²) in [5.74, 6) is 0.0642. The quantitative estimate of drug-likeness (QED) is 0.122. The van der Waals surface area contributed by atoms with Crippen LogP contribution in [0.25, 0.3) is 11.1 Å². The highest BCUT2D eigenvalue weighted by Crippen LogP contribution is 2.30. The Morgan fingerprint density at radius 2 is 0.911 bits per heavy atom. The van der Waals surface area contributed by atoms with Gasteiger partial charge in [-0.05, 0) is 138 Å². The molecule has 0 saturated carbocycles. The van der Waals surface area contributed by atoms with Gasteiger partial charge in [0.05, 0.1) is 11.6 Å². The number of nitriles is 1. The Kier molecular flexibility index (Phi) is 15.6. The molecule has 2 rings (SSSR count). The Morgan fingerprint density at radius 1 is 0.554 bits per heavy atom. The van der Waals surface area contributed by atoms with Crippen molar-refractivity contribution in [2.24, 2.45) is 9.98 Å². The van der Waals surface area contributed by atoms with Gasteiger partial charge in [-0.15, -0.1) is 0 Å². The van der Waals surface area contributed by atoms with Crippen molar-refractivity contribution in [1.82, 2.24) is 21.3 Å². The number of hydrogen-bond donors (Lipinski definition) is 4. The van der Waals surface area contributed by atoms with Crippen molar-refractivity contribution in [3.63, 3.8) is 0 Å². The number of rotatable bonds is 7. The van der Waals surface area contributed by atoms with E-state index in [1.54, 1.807) is 133 Å². The van der Waals surface area contributed by atoms with Gasteiger partial charge in [0, 0.05) is 0 Å². The molecular formula is C39H55N7O10. The van der Waals surface area contributed by atoms with Gasteiger partial charge in [0.25, 0.3) is 0 Å². The molecule has 0 bridgehead atoms. The smallest absolute Gasteiger partial charge is 0.414 e. The lowest BCUT2D eigenvalue weighted by Crippen LogP contribution is -2.47. The lowest BCUT2D eigenvalue weighted by Gasteiger charge is -2.23. The highest BCUT2D eigenvalue weighted by atomic mass is 16.6. The molecule has 4 N–H and O–H groups in total. The maximum absolute atomic E-state index is 12.5. The molecule has 0 fully saturated rings. The van der Waals surface area contributed by atoms with Crippen molar-refractivity contribution in [3.05, 3.63) is 48.0 Å². The summed E-state index contributed by atoms with van der Waals surface area (Å²) in [6.07, 6.45) is -5.39. The Hall–Kier alpha value is -6.05. The number of guanidine groups is 2. The third-order valence-corrected chi connectivity index (χ3v) is 5.92. The molecule has 0 spiro atoms. The predicted molar refractivity (Wildman–Crippen MR) is 209 cm³/mol. The van der Waals surface area contributed by atoms with Crippen LogP contribution in [0.15, 0.2) is 52.4 Å². The van der Waals surface area contributed by atoms with Crippen LogP contribution >= 0.6 is 0 Å². The van der Waals surface area contributed by atoms with E-state index in [4.69, 9.17) is 28.4 Å². The van der Waals surface area contributed by atoms with Crippen LogP contribution in [0, 0.1) is 11.3 Å². The number of aliphatic imine (C=N–C) groups is 2. The second-order valence-corrected chi connectivity index (χ2v) is 16.3. The third kappa shape index (κ3) is 19.3. The molecule has 2 unspecified atom stereocenters. The topological polar surface area (TPSA) is 220 Å². The Morgan fingerprint density at radius 3 is 1.27 bits per heavy atom. The first-order valence-corrected chi connectivity index (χ1v) is 17.7. The fourth-order valence-corrected chi connectivity index (χ4v) is 4.25. The molecule has 0 aromatic heterocycles. The number of hydrogen-bond acceptors (Lipinski definition) is 13. The van der Waals surface area contributed by atoms with Crippen molar-refractivity contribution < 1.29 is 47.6 Å². The minimum absolute atomic E-state index is 0.250. The van der Waals surface area contributed by atoms with Crippen LogP contribution in [0.3, 0.4) is 0 Å². The number of ether oxygens (including phenoxy) is 6. The highest BCUT2D eigenvalue weighted by Gasteiger charge is 2.24. The summed E-state index contributed by atoms with van der Waals surface area (Å²) in [4.78, 5) is 58.7. The van der Waals surface area contributed by atoms with Crippen molar-refractivity contribution in [2.45, 2.75) is 132 Å². The Balaban J connectivity index is 2.37. The van der Waals surface area contributed by atoms with Crippen molar-refractivity contribution in [2.75, 3.05) is 0 Å². The van der Waals surface area contributed by atoms with Crippen LogP contribution in [-0.4, -0.2) is 71.2 Å². The van der Waals surface area contributed by atoms with Crippen molar-refractivity contribution in [1.29, 1.82) is 5.26 Å². The number of amides is 4. The first-order chi connectivity index (χ1) is 25.6. The maximum Gasteiger partial charge on any atom is 0.414 e. The van der Waals surface area contributed by atoms with E-state index in [-0.39, 0.29) is 23.2 Å². The summed E-state index contributed by atoms with van der Waals surface area (Å²) >= 11 is 0. The molecule has 0 heterocycles. The average molecular weight is 782 g/mol. The van der Waals surface area contributed by atoms with Gasteiger partial charge in [-0.25, -0.2) is 29.2 Å². The zero-order chi connectivity index (χ0) is 42.6. The van der Waals surface area contributed by atoms with Crippen LogP contribution in [0.2, 0.25) is 0 Å². The number of benzene rings is 2. The van der Waals surface area contributed by atoms with Gasteiger partial charge in [0.2, 0.25) is 11.9 Å². The van der Waals surface area contributed by atoms with E-state index in [9.17, 15) is 24.4 Å². The molecule has 0 radical (unpaired) electrons. The van der Waals surface area contributed by atoms with Gasteiger partial charge < -0.3 is 28.4 Å². The van der Waals surface area contributed by atoms with E-state index in [2.05, 4.69) is 37.3 Å². The number of carbonyl (C=O) groups is 4. The molecule has 0 aliphatic heterocycles. The molecule has 2 aromatic carbocycles. The summed E-state index contributed by atoms with van der Waals surface area (Å²) in [5, 5.41) is 19.5. The Bertz CT molecular complexity index is 1760. The molecule has 0 aliphatic rings. The standard InChI is InChI=1S/C39H55N7O10/c1-23(41-30(43-32(47)53-36(3,4)5)44-33(48)54-37(6,7)8)51-28-17-15-16-26(20-28)27-18-25(22-40)19-29(21-27)52-24(2)42-31(45-34(49)55-38(9,10)11)46-35(50)56-39(12,13)14/h15-21,23-24H,1-14H3,(H2,41,43,44,47,48)(H2,42,45,46,49,50). The number of nitrogens with zero attached hydrogens (tertiary/aromatic N) is 3. The van der Waals surface area contributed by atoms with Crippen molar-refractivity contribution in [3.8, 4) is 28.7 Å². The summed E-state index contributed by atoms with van der Waals surface area (Å²) in [7, 11) is 0. The molecule has 2 aromatic rings. The van der Waals surface area contributed by atoms with E-state index in [1.165, 1.54) is 6.07 Å². The summed E-state index contributed by atoms with van der Waals surface area (Å²) < 4.78 is 33.2. The zero-order valence-corrected chi connectivity index (χ0v) is 34.6. The monoisotopic (exact) mass is 781 g/mol. The predicted octanol–water partition coefficient (Wildman–Crippen LogP) is 7.49. The zero-order valence-electron chi connectivity index (χ0n) is 34.6. The van der Waals surface area contributed by atoms with E-state index in [1.807, 2.05) is 0 Å². The highest BCUT2D eigenvalue weighted by molar-refractivity contribution is 6.02. The molecule has 2 atom stereocenters. The van der Waals surface area contributed by atoms with Gasteiger partial charge in [0.1, 0.15) is 33.9 Å². The second-order valence-electron chi connectivity index (χ2n) is 16.3.